The summed E-state index contributed by atoms with van der Waals surface area (Å²) in [6.07, 6.45) is 0. The lowest BCUT2D eigenvalue weighted by Crippen LogP contribution is -2.49. The molecule has 1 aromatic heterocycles. The molecule has 0 saturated carbocycles. The molecular formula is C13H23Cl2N3OS. The Morgan fingerprint density at radius 3 is 2.55 bits per heavy atom. The van der Waals surface area contributed by atoms with Gasteiger partial charge in [0.05, 0.1) is 12.2 Å². The van der Waals surface area contributed by atoms with Gasteiger partial charge >= 0.3 is 0 Å². The summed E-state index contributed by atoms with van der Waals surface area (Å²) in [6, 6.07) is 0. The quantitative estimate of drug-likeness (QED) is 0.866. The molecule has 2 heterocycles. The first-order valence-corrected chi connectivity index (χ1v) is 7.38. The van der Waals surface area contributed by atoms with Crippen LogP contribution in [-0.2, 0) is 11.3 Å². The molecule has 1 aliphatic rings. The van der Waals surface area contributed by atoms with E-state index >= 15 is 0 Å². The monoisotopic (exact) mass is 339 g/mol. The van der Waals surface area contributed by atoms with E-state index in [9.17, 15) is 4.79 Å². The maximum absolute atomic E-state index is 11.9. The van der Waals surface area contributed by atoms with Gasteiger partial charge < -0.3 is 10.6 Å². The average Bonchev–Trinajstić information content (AvgIpc) is 2.72. The minimum absolute atomic E-state index is 0. The standard InChI is InChI=1S/C13H21N3OS.2ClH/c1-8(2)11-7-18-12(16-11)6-15-13(17)9(3)10-4-14-5-10;;/h7-10,14H,4-6H2,1-3H3,(H,15,17);2*1H. The van der Waals surface area contributed by atoms with Crippen LogP contribution in [0, 0.1) is 11.8 Å². The van der Waals surface area contributed by atoms with Crippen molar-refractivity contribution in [2.75, 3.05) is 13.1 Å². The Kier molecular flexibility index (Phi) is 8.66. The van der Waals surface area contributed by atoms with Crippen molar-refractivity contribution in [2.24, 2.45) is 11.8 Å². The smallest absolute Gasteiger partial charge is 0.223 e. The highest BCUT2D eigenvalue weighted by molar-refractivity contribution is 7.09. The number of hydrogen-bond acceptors (Lipinski definition) is 4. The number of hydrogen-bond donors (Lipinski definition) is 2. The van der Waals surface area contributed by atoms with Crippen LogP contribution in [0.5, 0.6) is 0 Å². The summed E-state index contributed by atoms with van der Waals surface area (Å²) in [5, 5.41) is 9.24. The second-order valence-electron chi connectivity index (χ2n) is 5.25. The van der Waals surface area contributed by atoms with Crippen LogP contribution in [0.4, 0.5) is 0 Å². The number of halogens is 2. The van der Waals surface area contributed by atoms with Gasteiger partial charge in [-0.05, 0) is 24.9 Å². The first-order chi connectivity index (χ1) is 8.58. The molecule has 0 bridgehead atoms. The zero-order valence-corrected chi connectivity index (χ0v) is 14.5. The van der Waals surface area contributed by atoms with E-state index in [1.54, 1.807) is 11.3 Å². The Bertz CT molecular complexity index is 422. The summed E-state index contributed by atoms with van der Waals surface area (Å²) in [5.74, 6) is 1.18. The molecule has 7 heteroatoms. The van der Waals surface area contributed by atoms with Crippen molar-refractivity contribution in [3.05, 3.63) is 16.1 Å². The van der Waals surface area contributed by atoms with Crippen LogP contribution in [0.25, 0.3) is 0 Å². The topological polar surface area (TPSA) is 54.0 Å². The highest BCUT2D eigenvalue weighted by Crippen LogP contribution is 2.18. The molecule has 116 valence electrons. The lowest BCUT2D eigenvalue weighted by Gasteiger charge is -2.31. The van der Waals surface area contributed by atoms with Gasteiger partial charge in [-0.25, -0.2) is 4.98 Å². The van der Waals surface area contributed by atoms with Crippen molar-refractivity contribution >= 4 is 42.1 Å². The summed E-state index contributed by atoms with van der Waals surface area (Å²) in [5.41, 5.74) is 1.11. The highest BCUT2D eigenvalue weighted by atomic mass is 35.5. The summed E-state index contributed by atoms with van der Waals surface area (Å²) in [7, 11) is 0. The fourth-order valence-electron chi connectivity index (χ4n) is 1.87. The number of nitrogens with one attached hydrogen (secondary N) is 2. The van der Waals surface area contributed by atoms with E-state index in [1.807, 2.05) is 6.92 Å². The minimum Gasteiger partial charge on any atom is -0.349 e. The molecule has 0 radical (unpaired) electrons. The summed E-state index contributed by atoms with van der Waals surface area (Å²) in [6.45, 7) is 8.74. The summed E-state index contributed by atoms with van der Waals surface area (Å²) in [4.78, 5) is 16.4. The number of rotatable bonds is 5. The normalized spacial score (nSPS) is 15.8. The molecule has 2 rings (SSSR count). The van der Waals surface area contributed by atoms with Crippen LogP contribution in [0.3, 0.4) is 0 Å². The van der Waals surface area contributed by atoms with Crippen LogP contribution in [0.15, 0.2) is 5.38 Å². The van der Waals surface area contributed by atoms with E-state index < -0.39 is 0 Å². The van der Waals surface area contributed by atoms with Crippen molar-refractivity contribution in [1.29, 1.82) is 0 Å². The molecule has 4 nitrogen and oxygen atoms in total. The number of carbonyl (C=O) groups excluding carboxylic acids is 1. The van der Waals surface area contributed by atoms with Crippen LogP contribution >= 0.6 is 36.2 Å². The molecule has 20 heavy (non-hydrogen) atoms. The van der Waals surface area contributed by atoms with Crippen molar-refractivity contribution < 1.29 is 4.79 Å². The Balaban J connectivity index is 0.00000180. The third-order valence-electron chi connectivity index (χ3n) is 3.51. The largest absolute Gasteiger partial charge is 0.349 e. The molecular weight excluding hydrogens is 317 g/mol. The van der Waals surface area contributed by atoms with Crippen molar-refractivity contribution in [3.8, 4) is 0 Å². The molecule has 1 amide bonds. The van der Waals surface area contributed by atoms with Gasteiger partial charge in [0.1, 0.15) is 5.01 Å². The van der Waals surface area contributed by atoms with E-state index in [-0.39, 0.29) is 36.6 Å². The van der Waals surface area contributed by atoms with Gasteiger partial charge in [0.2, 0.25) is 5.91 Å². The number of amides is 1. The molecule has 0 spiro atoms. The van der Waals surface area contributed by atoms with Gasteiger partial charge in [-0.3, -0.25) is 4.79 Å². The van der Waals surface area contributed by atoms with E-state index in [0.717, 1.165) is 23.8 Å². The molecule has 1 atom stereocenters. The molecule has 2 N–H and O–H groups in total. The first kappa shape index (κ1) is 19.6. The van der Waals surface area contributed by atoms with Gasteiger partial charge in [0, 0.05) is 11.3 Å². The Labute approximate surface area is 137 Å². The lowest BCUT2D eigenvalue weighted by atomic mass is 9.88. The number of aromatic nitrogens is 1. The maximum atomic E-state index is 11.9. The van der Waals surface area contributed by atoms with E-state index in [4.69, 9.17) is 0 Å². The Morgan fingerprint density at radius 1 is 1.45 bits per heavy atom. The molecule has 0 aromatic carbocycles. The zero-order chi connectivity index (χ0) is 13.1. The average molecular weight is 340 g/mol. The number of nitrogens with zero attached hydrogens (tertiary/aromatic N) is 1. The fourth-order valence-corrected chi connectivity index (χ4v) is 2.77. The second kappa shape index (κ2) is 8.82. The predicted molar refractivity (Wildman–Crippen MR) is 88.1 cm³/mol. The van der Waals surface area contributed by atoms with Gasteiger partial charge in [0.15, 0.2) is 0 Å². The van der Waals surface area contributed by atoms with Crippen molar-refractivity contribution in [3.63, 3.8) is 0 Å². The highest BCUT2D eigenvalue weighted by Gasteiger charge is 2.28. The summed E-state index contributed by atoms with van der Waals surface area (Å²) >= 11 is 1.62. The maximum Gasteiger partial charge on any atom is 0.223 e. The van der Waals surface area contributed by atoms with Gasteiger partial charge in [0.25, 0.3) is 0 Å². The third-order valence-corrected chi connectivity index (χ3v) is 4.38. The molecule has 1 unspecified atom stereocenters. The van der Waals surface area contributed by atoms with E-state index in [0.29, 0.717) is 18.4 Å². The van der Waals surface area contributed by atoms with Crippen molar-refractivity contribution in [1.82, 2.24) is 15.6 Å². The lowest BCUT2D eigenvalue weighted by molar-refractivity contribution is -0.126. The summed E-state index contributed by atoms with van der Waals surface area (Å²) < 4.78 is 0. The number of thiazole rings is 1. The molecule has 1 fully saturated rings. The minimum atomic E-state index is 0. The van der Waals surface area contributed by atoms with Gasteiger partial charge in [-0.2, -0.15) is 0 Å². The van der Waals surface area contributed by atoms with Crippen LogP contribution in [-0.4, -0.2) is 24.0 Å². The van der Waals surface area contributed by atoms with Crippen LogP contribution in [0.2, 0.25) is 0 Å². The van der Waals surface area contributed by atoms with Gasteiger partial charge in [-0.15, -0.1) is 36.2 Å². The van der Waals surface area contributed by atoms with Crippen LogP contribution in [0.1, 0.15) is 37.4 Å². The molecule has 0 aliphatic carbocycles. The Morgan fingerprint density at radius 2 is 2.10 bits per heavy atom. The fraction of sp³-hybridized carbons (Fsp3) is 0.692. The van der Waals surface area contributed by atoms with E-state index in [2.05, 4.69) is 34.8 Å². The molecule has 1 aromatic rings. The second-order valence-corrected chi connectivity index (χ2v) is 6.19. The van der Waals surface area contributed by atoms with E-state index in [1.165, 1.54) is 0 Å². The molecule has 1 saturated heterocycles. The zero-order valence-electron chi connectivity index (χ0n) is 12.0. The number of carbonyl (C=O) groups is 1. The van der Waals surface area contributed by atoms with Crippen molar-refractivity contribution in [2.45, 2.75) is 33.2 Å². The van der Waals surface area contributed by atoms with Gasteiger partial charge in [-0.1, -0.05) is 20.8 Å². The van der Waals surface area contributed by atoms with Crippen LogP contribution < -0.4 is 10.6 Å². The third kappa shape index (κ3) is 4.88. The first-order valence-electron chi connectivity index (χ1n) is 6.50. The predicted octanol–water partition coefficient (Wildman–Crippen LogP) is 2.58. The molecule has 1 aliphatic heterocycles. The Hall–Kier alpha value is -0.360. The SMILES string of the molecule is CC(C)c1csc(CNC(=O)C(C)C2CNC2)n1.Cl.Cl.